The van der Waals surface area contributed by atoms with Crippen LogP contribution < -0.4 is 0 Å². The molecule has 0 bridgehead atoms. The lowest BCUT2D eigenvalue weighted by Crippen LogP contribution is -2.50. The molecular formula is C27H34N2O4. The second kappa shape index (κ2) is 7.57. The molecule has 176 valence electrons. The second-order valence-corrected chi connectivity index (χ2v) is 11.3. The molecule has 0 spiro atoms. The topological polar surface area (TPSA) is 78.4 Å². The smallest absolute Gasteiger partial charge is 0.302 e. The van der Waals surface area contributed by atoms with E-state index in [-0.39, 0.29) is 22.9 Å². The lowest BCUT2D eigenvalue weighted by Gasteiger charge is -2.57. The fourth-order valence-corrected chi connectivity index (χ4v) is 8.24. The number of aromatic nitrogens is 2. The first kappa shape index (κ1) is 21.2. The van der Waals surface area contributed by atoms with Crippen LogP contribution >= 0.6 is 0 Å². The highest BCUT2D eigenvalue weighted by atomic mass is 16.5. The first-order valence-electron chi connectivity index (χ1n) is 12.6. The molecule has 33 heavy (non-hydrogen) atoms. The summed E-state index contributed by atoms with van der Waals surface area (Å²) in [4.78, 5) is 11.5. The quantitative estimate of drug-likeness (QED) is 0.403. The average molecular weight is 451 g/mol. The minimum atomic E-state index is -0.153. The molecule has 2 aromatic rings. The number of furan rings is 1. The zero-order chi connectivity index (χ0) is 22.8. The van der Waals surface area contributed by atoms with E-state index < -0.39 is 0 Å². The fourth-order valence-electron chi connectivity index (χ4n) is 8.24. The van der Waals surface area contributed by atoms with Crippen LogP contribution in [0.15, 0.2) is 38.9 Å². The van der Waals surface area contributed by atoms with Gasteiger partial charge < -0.3 is 13.6 Å². The monoisotopic (exact) mass is 450 g/mol. The van der Waals surface area contributed by atoms with Crippen molar-refractivity contribution in [2.75, 3.05) is 0 Å². The summed E-state index contributed by atoms with van der Waals surface area (Å²) in [6.45, 7) is 6.49. The van der Waals surface area contributed by atoms with E-state index >= 15 is 0 Å². The molecule has 4 aliphatic rings. The van der Waals surface area contributed by atoms with Gasteiger partial charge in [-0.3, -0.25) is 4.79 Å². The van der Waals surface area contributed by atoms with Gasteiger partial charge in [-0.25, -0.2) is 0 Å². The van der Waals surface area contributed by atoms with Crippen LogP contribution in [-0.2, 0) is 9.53 Å². The van der Waals surface area contributed by atoms with Gasteiger partial charge in [0.1, 0.15) is 6.10 Å². The zero-order valence-corrected chi connectivity index (χ0v) is 19.9. The number of carbonyl (C=O) groups excluding carboxylic acids is 1. The third-order valence-electron chi connectivity index (χ3n) is 9.86. The lowest BCUT2D eigenvalue weighted by molar-refractivity contribution is -0.148. The van der Waals surface area contributed by atoms with Gasteiger partial charge in [-0.15, -0.1) is 10.2 Å². The lowest BCUT2D eigenvalue weighted by atomic mass is 9.47. The molecule has 0 aromatic carbocycles. The summed E-state index contributed by atoms with van der Waals surface area (Å²) in [6, 6.07) is 3.71. The molecule has 0 saturated heterocycles. The van der Waals surface area contributed by atoms with E-state index in [9.17, 15) is 4.79 Å². The number of nitrogens with zero attached hydrogens (tertiary/aromatic N) is 2. The Kier molecular flexibility index (Phi) is 4.86. The normalized spacial score (nSPS) is 39.8. The number of hydrogen-bond acceptors (Lipinski definition) is 6. The first-order chi connectivity index (χ1) is 15.9. The largest absolute Gasteiger partial charge is 0.462 e. The van der Waals surface area contributed by atoms with E-state index in [0.717, 1.165) is 38.0 Å². The van der Waals surface area contributed by atoms with Crippen LogP contribution in [0.3, 0.4) is 0 Å². The highest BCUT2D eigenvalue weighted by Gasteiger charge is 2.60. The van der Waals surface area contributed by atoms with Gasteiger partial charge in [0, 0.05) is 19.3 Å². The third-order valence-corrected chi connectivity index (χ3v) is 9.86. The summed E-state index contributed by atoms with van der Waals surface area (Å²) in [6.07, 6.45) is 13.2. The van der Waals surface area contributed by atoms with Crippen molar-refractivity contribution in [2.24, 2.45) is 28.6 Å². The second-order valence-electron chi connectivity index (χ2n) is 11.3. The molecule has 7 atom stereocenters. The summed E-state index contributed by atoms with van der Waals surface area (Å²) in [5.74, 6) is 4.18. The molecule has 2 heterocycles. The molecule has 0 aliphatic heterocycles. The van der Waals surface area contributed by atoms with Crippen molar-refractivity contribution >= 4 is 5.97 Å². The fraction of sp³-hybridized carbons (Fsp3) is 0.667. The SMILES string of the molecule is CC(=O)O[C@H]1CC[C@@]2(C)C(=CC[C@H]3[C@@H]4CC[C@H](c5nnc(-c6ccco6)o5)[C@@]4(C)CC[C@@H]32)C1. The Hall–Kier alpha value is -2.37. The molecule has 0 unspecified atom stereocenters. The Balaban J connectivity index is 1.24. The minimum Gasteiger partial charge on any atom is -0.462 e. The van der Waals surface area contributed by atoms with Crippen molar-refractivity contribution in [3.8, 4) is 11.7 Å². The van der Waals surface area contributed by atoms with Crippen molar-refractivity contribution in [2.45, 2.75) is 84.2 Å². The maximum Gasteiger partial charge on any atom is 0.302 e. The highest BCUT2D eigenvalue weighted by molar-refractivity contribution is 5.66. The number of allylic oxidation sites excluding steroid dienone is 1. The molecule has 4 aliphatic carbocycles. The van der Waals surface area contributed by atoms with Gasteiger partial charge in [-0.05, 0) is 85.7 Å². The number of ether oxygens (including phenoxy) is 1. The maximum absolute atomic E-state index is 11.5. The Morgan fingerprint density at radius 2 is 2.00 bits per heavy atom. The Labute approximate surface area is 195 Å². The van der Waals surface area contributed by atoms with Crippen LogP contribution in [0.25, 0.3) is 11.7 Å². The summed E-state index contributed by atoms with van der Waals surface area (Å²) in [7, 11) is 0. The van der Waals surface area contributed by atoms with E-state index in [0.29, 0.717) is 35.3 Å². The van der Waals surface area contributed by atoms with Gasteiger partial charge in [-0.1, -0.05) is 25.5 Å². The molecule has 0 radical (unpaired) electrons. The van der Waals surface area contributed by atoms with Gasteiger partial charge in [-0.2, -0.15) is 0 Å². The maximum atomic E-state index is 11.5. The molecule has 3 saturated carbocycles. The molecule has 2 aromatic heterocycles. The first-order valence-corrected chi connectivity index (χ1v) is 12.6. The minimum absolute atomic E-state index is 0.0592. The predicted molar refractivity (Wildman–Crippen MR) is 122 cm³/mol. The molecule has 6 nitrogen and oxygen atoms in total. The van der Waals surface area contributed by atoms with Crippen LogP contribution in [0.2, 0.25) is 0 Å². The van der Waals surface area contributed by atoms with Gasteiger partial charge in [0.2, 0.25) is 5.89 Å². The average Bonchev–Trinajstić information content (AvgIpc) is 3.52. The summed E-state index contributed by atoms with van der Waals surface area (Å²) < 4.78 is 17.2. The number of rotatable bonds is 3. The van der Waals surface area contributed by atoms with Gasteiger partial charge in [0.25, 0.3) is 5.89 Å². The predicted octanol–water partition coefficient (Wildman–Crippen LogP) is 6.31. The van der Waals surface area contributed by atoms with Crippen LogP contribution in [0.4, 0.5) is 0 Å². The Morgan fingerprint density at radius 3 is 2.79 bits per heavy atom. The molecule has 3 fully saturated rings. The number of fused-ring (bicyclic) bond motifs is 5. The van der Waals surface area contributed by atoms with Crippen molar-refractivity contribution < 1.29 is 18.4 Å². The molecule has 0 amide bonds. The number of carbonyl (C=O) groups is 1. The molecule has 6 heteroatoms. The van der Waals surface area contributed by atoms with Crippen molar-refractivity contribution in [3.63, 3.8) is 0 Å². The molecule has 0 N–H and O–H groups in total. The van der Waals surface area contributed by atoms with E-state index in [1.165, 1.54) is 26.2 Å². The van der Waals surface area contributed by atoms with Crippen molar-refractivity contribution in [1.82, 2.24) is 10.2 Å². The van der Waals surface area contributed by atoms with E-state index in [2.05, 4.69) is 30.1 Å². The van der Waals surface area contributed by atoms with E-state index in [1.807, 2.05) is 12.1 Å². The number of hydrogen-bond donors (Lipinski definition) is 0. The van der Waals surface area contributed by atoms with Gasteiger partial charge in [0.05, 0.1) is 6.26 Å². The third kappa shape index (κ3) is 3.23. The van der Waals surface area contributed by atoms with Crippen LogP contribution in [-0.4, -0.2) is 22.3 Å². The summed E-state index contributed by atoms with van der Waals surface area (Å²) >= 11 is 0. The van der Waals surface area contributed by atoms with Gasteiger partial charge in [0.15, 0.2) is 5.76 Å². The van der Waals surface area contributed by atoms with E-state index in [1.54, 1.807) is 11.8 Å². The molecule has 6 rings (SSSR count). The van der Waals surface area contributed by atoms with Crippen LogP contribution in [0, 0.1) is 28.6 Å². The standard InChI is InChI=1S/C27H34N2O4/c1-16(30)32-18-10-12-26(2)17(15-18)6-7-19-20-8-9-22(27(20,3)13-11-21(19)26)24-28-29-25(33-24)23-5-4-14-31-23/h4-6,14,18-22H,7-13,15H2,1-3H3/t18-,19-,20-,21-,22+,26-,27-/m0/s1. The highest BCUT2D eigenvalue weighted by Crippen LogP contribution is 2.68. The van der Waals surface area contributed by atoms with E-state index in [4.69, 9.17) is 13.6 Å². The summed E-state index contributed by atoms with van der Waals surface area (Å²) in [5, 5.41) is 8.77. The van der Waals surface area contributed by atoms with Gasteiger partial charge >= 0.3 is 5.97 Å². The van der Waals surface area contributed by atoms with Crippen LogP contribution in [0.5, 0.6) is 0 Å². The number of esters is 1. The zero-order valence-electron chi connectivity index (χ0n) is 19.9. The van der Waals surface area contributed by atoms with Crippen LogP contribution in [0.1, 0.15) is 83.9 Å². The van der Waals surface area contributed by atoms with Crippen molar-refractivity contribution in [3.05, 3.63) is 35.9 Å². The Bertz CT molecular complexity index is 1070. The Morgan fingerprint density at radius 1 is 1.12 bits per heavy atom. The van der Waals surface area contributed by atoms with Crippen molar-refractivity contribution in [1.29, 1.82) is 0 Å². The molecular weight excluding hydrogens is 416 g/mol. The summed E-state index contributed by atoms with van der Waals surface area (Å²) in [5.41, 5.74) is 1.99.